The van der Waals surface area contributed by atoms with Crippen LogP contribution in [-0.2, 0) is 9.53 Å². The first-order valence-corrected chi connectivity index (χ1v) is 13.6. The molecule has 41 heavy (non-hydrogen) atoms. The molecule has 9 nitrogen and oxygen atoms in total. The maximum Gasteiger partial charge on any atom is 0.321 e. The van der Waals surface area contributed by atoms with Crippen LogP contribution in [-0.4, -0.2) is 60.1 Å². The molecule has 0 aliphatic carbocycles. The Labute approximate surface area is 238 Å². The van der Waals surface area contributed by atoms with Gasteiger partial charge in [-0.3, -0.25) is 14.9 Å². The highest BCUT2D eigenvalue weighted by Crippen LogP contribution is 2.52. The van der Waals surface area contributed by atoms with E-state index in [4.69, 9.17) is 14.5 Å². The van der Waals surface area contributed by atoms with Gasteiger partial charge in [-0.25, -0.2) is 14.2 Å². The number of morpholine rings is 1. The normalized spacial score (nSPS) is 16.3. The smallest absolute Gasteiger partial charge is 0.321 e. The van der Waals surface area contributed by atoms with Crippen molar-refractivity contribution in [1.29, 1.82) is 0 Å². The minimum atomic E-state index is -1.18. The number of nitrogens with zero attached hydrogens (tertiary/aromatic N) is 2. The Morgan fingerprint density at radius 2 is 1.71 bits per heavy atom. The van der Waals surface area contributed by atoms with E-state index in [2.05, 4.69) is 10.6 Å². The van der Waals surface area contributed by atoms with E-state index in [1.54, 1.807) is 62.9 Å². The van der Waals surface area contributed by atoms with Gasteiger partial charge in [0, 0.05) is 47.3 Å². The van der Waals surface area contributed by atoms with Crippen LogP contribution in [0.4, 0.5) is 9.18 Å². The second kappa shape index (κ2) is 11.3. The number of aromatic nitrogens is 1. The van der Waals surface area contributed by atoms with Gasteiger partial charge >= 0.3 is 6.03 Å². The highest BCUT2D eigenvalue weighted by Gasteiger charge is 2.45. The van der Waals surface area contributed by atoms with E-state index >= 15 is 4.39 Å². The lowest BCUT2D eigenvalue weighted by atomic mass is 9.69. The minimum absolute atomic E-state index is 0.00591. The second-order valence-electron chi connectivity index (χ2n) is 11.1. The Morgan fingerprint density at radius 3 is 2.39 bits per heavy atom. The number of para-hydroxylation sites is 1. The van der Waals surface area contributed by atoms with Crippen LogP contribution in [0.15, 0.2) is 54.6 Å². The van der Waals surface area contributed by atoms with Crippen LogP contribution in [0.25, 0.3) is 11.3 Å². The third kappa shape index (κ3) is 5.65. The fourth-order valence-electron chi connectivity index (χ4n) is 5.24. The Kier molecular flexibility index (Phi) is 7.77. The molecule has 3 heterocycles. The number of imide groups is 1. The van der Waals surface area contributed by atoms with Gasteiger partial charge in [0.25, 0.3) is 5.91 Å². The van der Waals surface area contributed by atoms with Crippen LogP contribution in [0.1, 0.15) is 55.1 Å². The minimum Gasteiger partial charge on any atom is -0.435 e. The second-order valence-corrected chi connectivity index (χ2v) is 11.1. The molecule has 5 rings (SSSR count). The predicted molar refractivity (Wildman–Crippen MR) is 150 cm³/mol. The topological polar surface area (TPSA) is 110 Å². The monoisotopic (exact) mass is 560 g/mol. The summed E-state index contributed by atoms with van der Waals surface area (Å²) in [5, 5.41) is 5.07. The van der Waals surface area contributed by atoms with Crippen molar-refractivity contribution < 1.29 is 28.2 Å². The molecule has 1 aromatic heterocycles. The summed E-state index contributed by atoms with van der Waals surface area (Å²) < 4.78 is 26.3. The molecular weight excluding hydrogens is 527 g/mol. The number of fused-ring (bicyclic) bond motifs is 2. The van der Waals surface area contributed by atoms with E-state index in [1.807, 2.05) is 18.2 Å². The number of benzene rings is 2. The average molecular weight is 561 g/mol. The SMILES string of the molecule is CC(C)NC(=O)NC(=O)C(C)(C)[C@@H]1c2ccc(-c3ccc(C(=O)N4CCOCC4)cc3)nc2Oc2c(F)cccc21. The first kappa shape index (κ1) is 28.2. The van der Waals surface area contributed by atoms with Crippen molar-refractivity contribution in [3.05, 3.63) is 77.1 Å². The molecule has 0 unspecified atom stereocenters. The number of carbonyl (C=O) groups excluding carboxylic acids is 3. The van der Waals surface area contributed by atoms with E-state index in [0.717, 1.165) is 5.56 Å². The first-order valence-electron chi connectivity index (χ1n) is 13.6. The summed E-state index contributed by atoms with van der Waals surface area (Å²) in [4.78, 5) is 45.0. The van der Waals surface area contributed by atoms with Crippen LogP contribution in [0.3, 0.4) is 0 Å². The highest BCUT2D eigenvalue weighted by molar-refractivity contribution is 5.98. The van der Waals surface area contributed by atoms with Gasteiger partial charge in [0.2, 0.25) is 11.8 Å². The molecule has 1 fully saturated rings. The lowest BCUT2D eigenvalue weighted by Gasteiger charge is -2.37. The Bertz CT molecular complexity index is 1480. The van der Waals surface area contributed by atoms with E-state index in [1.165, 1.54) is 6.07 Å². The third-order valence-electron chi connectivity index (χ3n) is 7.39. The molecule has 4 amide bonds. The van der Waals surface area contributed by atoms with Gasteiger partial charge in [-0.15, -0.1) is 0 Å². The van der Waals surface area contributed by atoms with Gasteiger partial charge in [-0.1, -0.05) is 44.2 Å². The zero-order valence-corrected chi connectivity index (χ0v) is 23.5. The van der Waals surface area contributed by atoms with Gasteiger partial charge in [-0.2, -0.15) is 0 Å². The van der Waals surface area contributed by atoms with Crippen molar-refractivity contribution in [3.8, 4) is 22.9 Å². The molecule has 2 N–H and O–H groups in total. The Morgan fingerprint density at radius 1 is 1.00 bits per heavy atom. The number of pyridine rings is 1. The number of urea groups is 1. The number of halogens is 1. The predicted octanol–water partition coefficient (Wildman–Crippen LogP) is 4.86. The number of ether oxygens (including phenoxy) is 2. The number of hydrogen-bond donors (Lipinski definition) is 2. The molecular formula is C31H33FN4O5. The summed E-state index contributed by atoms with van der Waals surface area (Å²) in [6, 6.07) is 14.5. The molecule has 0 saturated carbocycles. The van der Waals surface area contributed by atoms with Crippen molar-refractivity contribution in [2.75, 3.05) is 26.3 Å². The van der Waals surface area contributed by atoms with Crippen LogP contribution in [0, 0.1) is 11.2 Å². The van der Waals surface area contributed by atoms with Gasteiger partial charge in [0.1, 0.15) is 0 Å². The quantitative estimate of drug-likeness (QED) is 0.461. The van der Waals surface area contributed by atoms with Crippen molar-refractivity contribution in [2.45, 2.75) is 39.7 Å². The van der Waals surface area contributed by atoms with E-state index < -0.39 is 29.1 Å². The average Bonchev–Trinajstić information content (AvgIpc) is 2.95. The van der Waals surface area contributed by atoms with Crippen molar-refractivity contribution in [2.24, 2.45) is 5.41 Å². The maximum absolute atomic E-state index is 15.0. The standard InChI is InChI=1S/C31H33FN4O5/c1-18(2)33-30(39)35-29(38)31(3,4)25-21-6-5-7-23(32)26(21)41-27-22(25)12-13-24(34-27)19-8-10-20(11-9-19)28(37)36-14-16-40-17-15-36/h5-13,18,25H,14-17H2,1-4H3,(H2,33,35,38,39)/t25-/m0/s1. The van der Waals surface area contributed by atoms with Crippen molar-refractivity contribution in [1.82, 2.24) is 20.5 Å². The number of hydrogen-bond acceptors (Lipinski definition) is 6. The van der Waals surface area contributed by atoms with Crippen LogP contribution in [0.5, 0.6) is 11.6 Å². The molecule has 2 aliphatic rings. The first-order chi connectivity index (χ1) is 19.6. The molecule has 214 valence electrons. The van der Waals surface area contributed by atoms with Crippen LogP contribution >= 0.6 is 0 Å². The molecule has 2 aliphatic heterocycles. The molecule has 1 atom stereocenters. The highest BCUT2D eigenvalue weighted by atomic mass is 19.1. The Hall–Kier alpha value is -4.31. The lowest BCUT2D eigenvalue weighted by Crippen LogP contribution is -2.49. The lowest BCUT2D eigenvalue weighted by molar-refractivity contribution is -0.128. The summed E-state index contributed by atoms with van der Waals surface area (Å²) >= 11 is 0. The zero-order valence-electron chi connectivity index (χ0n) is 23.5. The maximum atomic E-state index is 15.0. The van der Waals surface area contributed by atoms with Crippen molar-refractivity contribution >= 4 is 17.8 Å². The van der Waals surface area contributed by atoms with Gasteiger partial charge in [0.05, 0.1) is 24.3 Å². The molecule has 2 aromatic carbocycles. The van der Waals surface area contributed by atoms with E-state index in [-0.39, 0.29) is 23.6 Å². The van der Waals surface area contributed by atoms with E-state index in [0.29, 0.717) is 48.7 Å². The summed E-state index contributed by atoms with van der Waals surface area (Å²) in [7, 11) is 0. The van der Waals surface area contributed by atoms with E-state index in [9.17, 15) is 14.4 Å². The Balaban J connectivity index is 1.47. The summed E-state index contributed by atoms with van der Waals surface area (Å²) in [5.74, 6) is -1.64. The van der Waals surface area contributed by atoms with Crippen LogP contribution in [0.2, 0.25) is 0 Å². The number of carbonyl (C=O) groups is 3. The molecule has 0 radical (unpaired) electrons. The molecule has 1 saturated heterocycles. The summed E-state index contributed by atoms with van der Waals surface area (Å²) in [6.45, 7) is 9.16. The molecule has 3 aromatic rings. The number of nitrogens with one attached hydrogen (secondary N) is 2. The molecule has 0 spiro atoms. The molecule has 10 heteroatoms. The van der Waals surface area contributed by atoms with Crippen molar-refractivity contribution in [3.63, 3.8) is 0 Å². The zero-order chi connectivity index (χ0) is 29.3. The molecule has 0 bridgehead atoms. The number of rotatable bonds is 5. The fourth-order valence-corrected chi connectivity index (χ4v) is 5.24. The number of amides is 4. The largest absolute Gasteiger partial charge is 0.435 e. The van der Waals surface area contributed by atoms with Gasteiger partial charge in [0.15, 0.2) is 11.6 Å². The van der Waals surface area contributed by atoms with Crippen LogP contribution < -0.4 is 15.4 Å². The third-order valence-corrected chi connectivity index (χ3v) is 7.39. The fraction of sp³-hybridized carbons (Fsp3) is 0.355. The summed E-state index contributed by atoms with van der Waals surface area (Å²) in [6.07, 6.45) is 0. The van der Waals surface area contributed by atoms with Gasteiger partial charge < -0.3 is 19.7 Å². The summed E-state index contributed by atoms with van der Waals surface area (Å²) in [5.41, 5.74) is 1.77. The van der Waals surface area contributed by atoms with Gasteiger partial charge in [-0.05, 0) is 38.1 Å².